The van der Waals surface area contributed by atoms with Gasteiger partial charge >= 0.3 is 5.97 Å². The number of cyclic esters (lactones) is 1. The number of rotatable bonds is 3. The third-order valence-corrected chi connectivity index (χ3v) is 5.45. The van der Waals surface area contributed by atoms with Crippen molar-refractivity contribution >= 4 is 5.97 Å². The highest BCUT2D eigenvalue weighted by molar-refractivity contribution is 5.70. The summed E-state index contributed by atoms with van der Waals surface area (Å²) in [5.41, 5.74) is 1.01. The fourth-order valence-corrected chi connectivity index (χ4v) is 4.31. The van der Waals surface area contributed by atoms with Crippen LogP contribution in [0.5, 0.6) is 0 Å². The molecular formula is C18H26O5. The summed E-state index contributed by atoms with van der Waals surface area (Å²) in [5, 5.41) is 29.9. The van der Waals surface area contributed by atoms with E-state index in [1.54, 1.807) is 0 Å². The molecule has 0 aromatic carbocycles. The van der Waals surface area contributed by atoms with Crippen molar-refractivity contribution in [2.24, 2.45) is 17.8 Å². The number of fused-ring (bicyclic) bond motifs is 1. The SMILES string of the molecule is C[C@@H]1C=CC2=C[C@@H](O)C[C@H](O)[C@H]2[C@H]1CC[C@@H]1C[C@@H](O)CC(=O)O1. The highest BCUT2D eigenvalue weighted by Crippen LogP contribution is 2.42. The van der Waals surface area contributed by atoms with Crippen LogP contribution >= 0.6 is 0 Å². The topological polar surface area (TPSA) is 87.0 Å². The van der Waals surface area contributed by atoms with Gasteiger partial charge in [-0.05, 0) is 30.3 Å². The van der Waals surface area contributed by atoms with Gasteiger partial charge in [-0.3, -0.25) is 4.79 Å². The molecule has 23 heavy (non-hydrogen) atoms. The maximum Gasteiger partial charge on any atom is 0.308 e. The molecule has 1 heterocycles. The first-order valence-corrected chi connectivity index (χ1v) is 8.57. The molecule has 128 valence electrons. The number of aliphatic hydroxyl groups is 3. The Bertz CT molecular complexity index is 512. The number of ether oxygens (including phenoxy) is 1. The van der Waals surface area contributed by atoms with Gasteiger partial charge < -0.3 is 20.1 Å². The van der Waals surface area contributed by atoms with Gasteiger partial charge in [0, 0.05) is 18.8 Å². The number of hydrogen-bond acceptors (Lipinski definition) is 5. The molecule has 0 aromatic rings. The molecule has 0 spiro atoms. The first-order chi connectivity index (χ1) is 10.9. The van der Waals surface area contributed by atoms with Crippen LogP contribution in [-0.4, -0.2) is 45.7 Å². The van der Waals surface area contributed by atoms with Crippen molar-refractivity contribution in [2.75, 3.05) is 0 Å². The van der Waals surface area contributed by atoms with E-state index in [9.17, 15) is 20.1 Å². The van der Waals surface area contributed by atoms with Crippen molar-refractivity contribution in [3.8, 4) is 0 Å². The van der Waals surface area contributed by atoms with E-state index in [1.807, 2.05) is 12.2 Å². The van der Waals surface area contributed by atoms with Gasteiger partial charge in [0.2, 0.25) is 0 Å². The van der Waals surface area contributed by atoms with E-state index in [-0.39, 0.29) is 30.3 Å². The Morgan fingerprint density at radius 2 is 2.00 bits per heavy atom. The number of carbonyl (C=O) groups is 1. The van der Waals surface area contributed by atoms with Crippen molar-refractivity contribution in [1.82, 2.24) is 0 Å². The lowest BCUT2D eigenvalue weighted by atomic mass is 9.66. The second kappa shape index (κ2) is 6.75. The number of esters is 1. The van der Waals surface area contributed by atoms with Crippen LogP contribution in [0.1, 0.15) is 39.0 Å². The summed E-state index contributed by atoms with van der Waals surface area (Å²) >= 11 is 0. The van der Waals surface area contributed by atoms with Crippen molar-refractivity contribution in [3.05, 3.63) is 23.8 Å². The molecule has 1 fully saturated rings. The fraction of sp³-hybridized carbons (Fsp3) is 0.722. The van der Waals surface area contributed by atoms with Gasteiger partial charge in [0.25, 0.3) is 0 Å². The summed E-state index contributed by atoms with van der Waals surface area (Å²) in [5.74, 6) is 0.284. The molecule has 0 radical (unpaired) electrons. The Morgan fingerprint density at radius 3 is 2.74 bits per heavy atom. The van der Waals surface area contributed by atoms with Gasteiger partial charge in [-0.2, -0.15) is 0 Å². The average molecular weight is 322 g/mol. The predicted molar refractivity (Wildman–Crippen MR) is 84.4 cm³/mol. The van der Waals surface area contributed by atoms with Crippen molar-refractivity contribution in [1.29, 1.82) is 0 Å². The van der Waals surface area contributed by atoms with Gasteiger partial charge in [-0.15, -0.1) is 0 Å². The minimum absolute atomic E-state index is 0.0302. The zero-order valence-corrected chi connectivity index (χ0v) is 13.5. The maximum atomic E-state index is 11.4. The van der Waals surface area contributed by atoms with Gasteiger partial charge in [0.05, 0.1) is 24.7 Å². The third-order valence-electron chi connectivity index (χ3n) is 5.45. The molecule has 2 aliphatic carbocycles. The molecule has 3 N–H and O–H groups in total. The third kappa shape index (κ3) is 3.67. The first kappa shape index (κ1) is 16.7. The van der Waals surface area contributed by atoms with Crippen molar-refractivity contribution in [3.63, 3.8) is 0 Å². The van der Waals surface area contributed by atoms with Crippen LogP contribution in [0.3, 0.4) is 0 Å². The van der Waals surface area contributed by atoms with Crippen LogP contribution in [0.4, 0.5) is 0 Å². The van der Waals surface area contributed by atoms with Crippen LogP contribution in [0.2, 0.25) is 0 Å². The summed E-state index contributed by atoms with van der Waals surface area (Å²) < 4.78 is 5.33. The highest BCUT2D eigenvalue weighted by Gasteiger charge is 2.39. The zero-order valence-electron chi connectivity index (χ0n) is 13.5. The summed E-state index contributed by atoms with van der Waals surface area (Å²) in [6, 6.07) is 0. The van der Waals surface area contributed by atoms with Crippen molar-refractivity contribution in [2.45, 2.75) is 63.4 Å². The van der Waals surface area contributed by atoms with E-state index in [0.29, 0.717) is 25.2 Å². The van der Waals surface area contributed by atoms with E-state index in [0.717, 1.165) is 12.0 Å². The molecule has 0 unspecified atom stereocenters. The highest BCUT2D eigenvalue weighted by atomic mass is 16.5. The predicted octanol–water partition coefficient (Wildman–Crippen LogP) is 1.32. The minimum atomic E-state index is -0.601. The van der Waals surface area contributed by atoms with Crippen LogP contribution in [-0.2, 0) is 9.53 Å². The average Bonchev–Trinajstić information content (AvgIpc) is 2.45. The lowest BCUT2D eigenvalue weighted by Gasteiger charge is -2.41. The second-order valence-electron chi connectivity index (χ2n) is 7.23. The smallest absolute Gasteiger partial charge is 0.308 e. The number of hydrogen-bond donors (Lipinski definition) is 3. The standard InChI is InChI=1S/C18H26O5/c1-10-2-3-11-6-12(19)8-16(21)18(11)15(10)5-4-14-7-13(20)9-17(22)23-14/h2-3,6,10,12-16,18-21H,4-5,7-9H2,1H3/t10-,12-,13-,14-,15+,16+,18-/m1/s1. The monoisotopic (exact) mass is 322 g/mol. The first-order valence-electron chi connectivity index (χ1n) is 8.57. The van der Waals surface area contributed by atoms with Crippen LogP contribution < -0.4 is 0 Å². The molecule has 1 saturated heterocycles. The molecule has 0 saturated carbocycles. The van der Waals surface area contributed by atoms with Gasteiger partial charge in [-0.1, -0.05) is 25.2 Å². The van der Waals surface area contributed by atoms with Crippen LogP contribution in [0.25, 0.3) is 0 Å². The molecule has 1 aliphatic heterocycles. The van der Waals surface area contributed by atoms with Crippen molar-refractivity contribution < 1.29 is 24.9 Å². The molecular weight excluding hydrogens is 296 g/mol. The normalized spacial score (nSPS) is 43.6. The number of allylic oxidation sites excluding steroid dienone is 2. The van der Waals surface area contributed by atoms with E-state index < -0.39 is 18.3 Å². The minimum Gasteiger partial charge on any atom is -0.462 e. The van der Waals surface area contributed by atoms with Crippen LogP contribution in [0, 0.1) is 17.8 Å². The fourth-order valence-electron chi connectivity index (χ4n) is 4.31. The molecule has 0 aromatic heterocycles. The van der Waals surface area contributed by atoms with Crippen LogP contribution in [0.15, 0.2) is 23.8 Å². The number of carbonyl (C=O) groups excluding carboxylic acids is 1. The molecule has 0 amide bonds. The van der Waals surface area contributed by atoms with Gasteiger partial charge in [0.1, 0.15) is 6.10 Å². The Hall–Kier alpha value is -1.17. The molecule has 3 rings (SSSR count). The summed E-state index contributed by atoms with van der Waals surface area (Å²) in [6.45, 7) is 2.14. The summed E-state index contributed by atoms with van der Waals surface area (Å²) in [7, 11) is 0. The quantitative estimate of drug-likeness (QED) is 0.682. The summed E-state index contributed by atoms with van der Waals surface area (Å²) in [4.78, 5) is 11.4. The van der Waals surface area contributed by atoms with E-state index in [1.165, 1.54) is 0 Å². The molecule has 7 atom stereocenters. The van der Waals surface area contributed by atoms with E-state index in [2.05, 4.69) is 13.0 Å². The Kier molecular flexibility index (Phi) is 4.90. The van der Waals surface area contributed by atoms with E-state index >= 15 is 0 Å². The Morgan fingerprint density at radius 1 is 1.22 bits per heavy atom. The molecule has 5 nitrogen and oxygen atoms in total. The Labute approximate surface area is 136 Å². The second-order valence-corrected chi connectivity index (χ2v) is 7.23. The molecule has 0 bridgehead atoms. The lowest BCUT2D eigenvalue weighted by Crippen LogP contribution is -2.40. The summed E-state index contributed by atoms with van der Waals surface area (Å²) in [6.07, 6.45) is 6.52. The molecule has 5 heteroatoms. The maximum absolute atomic E-state index is 11.4. The lowest BCUT2D eigenvalue weighted by molar-refractivity contribution is -0.160. The van der Waals surface area contributed by atoms with Gasteiger partial charge in [0.15, 0.2) is 0 Å². The Balaban J connectivity index is 1.67. The largest absolute Gasteiger partial charge is 0.462 e. The zero-order chi connectivity index (χ0) is 16.6. The van der Waals surface area contributed by atoms with E-state index in [4.69, 9.17) is 4.74 Å². The molecule has 3 aliphatic rings. The van der Waals surface area contributed by atoms with Gasteiger partial charge in [-0.25, -0.2) is 0 Å². The number of aliphatic hydroxyl groups excluding tert-OH is 3.